The maximum atomic E-state index is 12.5. The average molecular weight is 320 g/mol. The third-order valence-electron chi connectivity index (χ3n) is 4.05. The molecule has 1 aliphatic heterocycles. The molecule has 0 radical (unpaired) electrons. The second kappa shape index (κ2) is 6.23. The van der Waals surface area contributed by atoms with Crippen molar-refractivity contribution in [2.75, 3.05) is 6.54 Å². The Morgan fingerprint density at radius 1 is 1.17 bits per heavy atom. The summed E-state index contributed by atoms with van der Waals surface area (Å²) in [6, 6.07) is 13.5. The molecule has 0 spiro atoms. The van der Waals surface area contributed by atoms with Crippen LogP contribution in [0.1, 0.15) is 33.4 Å². The van der Waals surface area contributed by atoms with Gasteiger partial charge in [0, 0.05) is 25.6 Å². The van der Waals surface area contributed by atoms with Crippen molar-refractivity contribution in [3.8, 4) is 0 Å². The fourth-order valence-electron chi connectivity index (χ4n) is 2.85. The van der Waals surface area contributed by atoms with E-state index in [1.807, 2.05) is 30.3 Å². The molecule has 0 N–H and O–H groups in total. The van der Waals surface area contributed by atoms with Crippen LogP contribution in [0.3, 0.4) is 0 Å². The monoisotopic (exact) mass is 320 g/mol. The van der Waals surface area contributed by atoms with E-state index in [0.717, 1.165) is 17.0 Å². The van der Waals surface area contributed by atoms with Gasteiger partial charge in [0.15, 0.2) is 11.6 Å². The van der Waals surface area contributed by atoms with Crippen molar-refractivity contribution in [3.05, 3.63) is 77.3 Å². The number of nitrogens with zero attached hydrogens (tertiary/aromatic N) is 4. The molecule has 24 heavy (non-hydrogen) atoms. The van der Waals surface area contributed by atoms with E-state index in [1.165, 1.54) is 0 Å². The molecule has 0 atom stereocenters. The minimum absolute atomic E-state index is 0.124. The van der Waals surface area contributed by atoms with Crippen LogP contribution in [-0.4, -0.2) is 32.5 Å². The summed E-state index contributed by atoms with van der Waals surface area (Å²) in [4.78, 5) is 18.8. The number of benzene rings is 1. The maximum Gasteiger partial charge on any atom is 0.274 e. The molecule has 6 heteroatoms. The van der Waals surface area contributed by atoms with Gasteiger partial charge < -0.3 is 9.32 Å². The van der Waals surface area contributed by atoms with Gasteiger partial charge >= 0.3 is 0 Å². The van der Waals surface area contributed by atoms with Crippen LogP contribution in [0.5, 0.6) is 0 Å². The SMILES string of the molecule is O=C(c1cccnn1)N1CCc2oc(Cc3ccccc3)nc2C1. The van der Waals surface area contributed by atoms with Gasteiger partial charge in [-0.15, -0.1) is 5.10 Å². The van der Waals surface area contributed by atoms with E-state index in [-0.39, 0.29) is 5.91 Å². The summed E-state index contributed by atoms with van der Waals surface area (Å²) in [5.41, 5.74) is 2.35. The van der Waals surface area contributed by atoms with Crippen LogP contribution in [0, 0.1) is 0 Å². The molecule has 0 unspecified atom stereocenters. The first-order valence-electron chi connectivity index (χ1n) is 7.88. The van der Waals surface area contributed by atoms with Gasteiger partial charge in [-0.2, -0.15) is 5.10 Å². The third-order valence-corrected chi connectivity index (χ3v) is 4.05. The summed E-state index contributed by atoms with van der Waals surface area (Å²) in [6.07, 6.45) is 2.88. The number of hydrogen-bond donors (Lipinski definition) is 0. The van der Waals surface area contributed by atoms with Crippen LogP contribution < -0.4 is 0 Å². The molecule has 2 aromatic heterocycles. The Balaban J connectivity index is 1.50. The van der Waals surface area contributed by atoms with Gasteiger partial charge in [0.1, 0.15) is 11.5 Å². The molecule has 0 fully saturated rings. The highest BCUT2D eigenvalue weighted by Crippen LogP contribution is 2.22. The lowest BCUT2D eigenvalue weighted by molar-refractivity contribution is 0.0720. The van der Waals surface area contributed by atoms with Gasteiger partial charge in [-0.1, -0.05) is 30.3 Å². The second-order valence-corrected chi connectivity index (χ2v) is 5.73. The third kappa shape index (κ3) is 2.90. The van der Waals surface area contributed by atoms with E-state index in [9.17, 15) is 4.79 Å². The van der Waals surface area contributed by atoms with Crippen molar-refractivity contribution in [3.63, 3.8) is 0 Å². The average Bonchev–Trinajstić information content (AvgIpc) is 3.04. The minimum atomic E-state index is -0.124. The van der Waals surface area contributed by atoms with Crippen molar-refractivity contribution in [2.45, 2.75) is 19.4 Å². The highest BCUT2D eigenvalue weighted by molar-refractivity contribution is 5.92. The fraction of sp³-hybridized carbons (Fsp3) is 0.222. The van der Waals surface area contributed by atoms with Gasteiger partial charge in [-0.05, 0) is 17.7 Å². The van der Waals surface area contributed by atoms with E-state index in [0.29, 0.717) is 37.5 Å². The number of carbonyl (C=O) groups is 1. The van der Waals surface area contributed by atoms with Gasteiger partial charge in [0.25, 0.3) is 5.91 Å². The van der Waals surface area contributed by atoms with Crippen LogP contribution in [-0.2, 0) is 19.4 Å². The normalized spacial score (nSPS) is 13.6. The summed E-state index contributed by atoms with van der Waals surface area (Å²) in [5.74, 6) is 1.45. The van der Waals surface area contributed by atoms with E-state index in [4.69, 9.17) is 4.42 Å². The Hall–Kier alpha value is -3.02. The molecule has 6 nitrogen and oxygen atoms in total. The van der Waals surface area contributed by atoms with Crippen LogP contribution in [0.15, 0.2) is 53.1 Å². The molecule has 3 heterocycles. The highest BCUT2D eigenvalue weighted by atomic mass is 16.4. The number of fused-ring (bicyclic) bond motifs is 1. The number of amides is 1. The molecule has 0 bridgehead atoms. The molecule has 1 aromatic carbocycles. The molecule has 0 aliphatic carbocycles. The van der Waals surface area contributed by atoms with Gasteiger partial charge in [0.05, 0.1) is 6.54 Å². The summed E-state index contributed by atoms with van der Waals surface area (Å²) in [7, 11) is 0. The highest BCUT2D eigenvalue weighted by Gasteiger charge is 2.26. The van der Waals surface area contributed by atoms with E-state index < -0.39 is 0 Å². The quantitative estimate of drug-likeness (QED) is 0.740. The lowest BCUT2D eigenvalue weighted by Gasteiger charge is -2.24. The number of rotatable bonds is 3. The van der Waals surface area contributed by atoms with E-state index >= 15 is 0 Å². The molecule has 1 aliphatic rings. The van der Waals surface area contributed by atoms with Crippen LogP contribution in [0.25, 0.3) is 0 Å². The summed E-state index contributed by atoms with van der Waals surface area (Å²) in [5, 5.41) is 7.65. The van der Waals surface area contributed by atoms with Gasteiger partial charge in [0.2, 0.25) is 0 Å². The smallest absolute Gasteiger partial charge is 0.274 e. The largest absolute Gasteiger partial charge is 0.445 e. The van der Waals surface area contributed by atoms with Crippen molar-refractivity contribution in [1.29, 1.82) is 0 Å². The Labute approximate surface area is 139 Å². The number of oxazole rings is 1. The first-order chi connectivity index (χ1) is 11.8. The zero-order valence-electron chi connectivity index (χ0n) is 13.1. The van der Waals surface area contributed by atoms with Crippen LogP contribution in [0.2, 0.25) is 0 Å². The van der Waals surface area contributed by atoms with Crippen molar-refractivity contribution >= 4 is 5.91 Å². The molecule has 4 rings (SSSR count). The Morgan fingerprint density at radius 3 is 2.83 bits per heavy atom. The first kappa shape index (κ1) is 14.6. The van der Waals surface area contributed by atoms with Crippen LogP contribution >= 0.6 is 0 Å². The lowest BCUT2D eigenvalue weighted by atomic mass is 10.1. The van der Waals surface area contributed by atoms with Crippen molar-refractivity contribution < 1.29 is 9.21 Å². The molecular weight excluding hydrogens is 304 g/mol. The summed E-state index contributed by atoms with van der Waals surface area (Å²) in [6.45, 7) is 1.05. The predicted octanol–water partition coefficient (Wildman–Crippen LogP) is 2.25. The lowest BCUT2D eigenvalue weighted by Crippen LogP contribution is -2.36. The number of hydrogen-bond acceptors (Lipinski definition) is 5. The topological polar surface area (TPSA) is 72.1 Å². The predicted molar refractivity (Wildman–Crippen MR) is 86.2 cm³/mol. The summed E-state index contributed by atoms with van der Waals surface area (Å²) < 4.78 is 5.87. The zero-order chi connectivity index (χ0) is 16.4. The standard InChI is InChI=1S/C18H16N4O2/c23-18(14-7-4-9-19-21-14)22-10-8-16-15(12-22)20-17(24-16)11-13-5-2-1-3-6-13/h1-7,9H,8,10-12H2. The molecule has 1 amide bonds. The second-order valence-electron chi connectivity index (χ2n) is 5.73. The molecule has 0 saturated carbocycles. The van der Waals surface area contributed by atoms with E-state index in [1.54, 1.807) is 23.2 Å². The Bertz CT molecular complexity index is 846. The van der Waals surface area contributed by atoms with Crippen molar-refractivity contribution in [1.82, 2.24) is 20.1 Å². The van der Waals surface area contributed by atoms with Gasteiger partial charge in [-0.25, -0.2) is 4.98 Å². The Morgan fingerprint density at radius 2 is 2.04 bits per heavy atom. The Kier molecular flexibility index (Phi) is 3.78. The zero-order valence-corrected chi connectivity index (χ0v) is 13.1. The molecule has 120 valence electrons. The molecule has 3 aromatic rings. The van der Waals surface area contributed by atoms with Gasteiger partial charge in [-0.3, -0.25) is 4.79 Å². The fourth-order valence-corrected chi connectivity index (χ4v) is 2.85. The summed E-state index contributed by atoms with van der Waals surface area (Å²) >= 11 is 0. The molecular formula is C18H16N4O2. The first-order valence-corrected chi connectivity index (χ1v) is 7.88. The minimum Gasteiger partial charge on any atom is -0.445 e. The molecule has 0 saturated heterocycles. The number of carbonyl (C=O) groups excluding carboxylic acids is 1. The van der Waals surface area contributed by atoms with Crippen molar-refractivity contribution in [2.24, 2.45) is 0 Å². The van der Waals surface area contributed by atoms with E-state index in [2.05, 4.69) is 15.2 Å². The number of aromatic nitrogens is 3. The van der Waals surface area contributed by atoms with Crippen LogP contribution in [0.4, 0.5) is 0 Å². The maximum absolute atomic E-state index is 12.5.